The maximum atomic E-state index is 12.2. The van der Waals surface area contributed by atoms with Crippen LogP contribution in [-0.4, -0.2) is 35.1 Å². The van der Waals surface area contributed by atoms with Gasteiger partial charge in [-0.05, 0) is 37.1 Å². The molecule has 1 atom stereocenters. The number of hydrazine groups is 1. The second kappa shape index (κ2) is 5.16. The third kappa shape index (κ3) is 2.40. The molecule has 0 radical (unpaired) electrons. The van der Waals surface area contributed by atoms with Gasteiger partial charge in [-0.3, -0.25) is 10.6 Å². The molecule has 0 spiro atoms. The van der Waals surface area contributed by atoms with Crippen LogP contribution in [0.2, 0.25) is 0 Å². The summed E-state index contributed by atoms with van der Waals surface area (Å²) in [7, 11) is 0. The van der Waals surface area contributed by atoms with E-state index < -0.39 is 0 Å². The van der Waals surface area contributed by atoms with E-state index in [0.717, 1.165) is 25.1 Å². The summed E-state index contributed by atoms with van der Waals surface area (Å²) in [6.45, 7) is 0.759. The van der Waals surface area contributed by atoms with Gasteiger partial charge in [0.15, 0.2) is 0 Å². The fourth-order valence-corrected chi connectivity index (χ4v) is 2.17. The number of carbonyl (C=O) groups is 1. The van der Waals surface area contributed by atoms with Crippen molar-refractivity contribution < 1.29 is 9.90 Å². The number of anilines is 1. The van der Waals surface area contributed by atoms with Crippen LogP contribution in [0.4, 0.5) is 5.69 Å². The zero-order chi connectivity index (χ0) is 12.3. The number of nitrogens with two attached hydrogens (primary N) is 1. The Morgan fingerprint density at radius 3 is 2.76 bits per heavy atom. The summed E-state index contributed by atoms with van der Waals surface area (Å²) < 4.78 is 0. The van der Waals surface area contributed by atoms with Gasteiger partial charge in [-0.2, -0.15) is 0 Å². The van der Waals surface area contributed by atoms with Gasteiger partial charge < -0.3 is 15.4 Å². The van der Waals surface area contributed by atoms with Crippen LogP contribution < -0.4 is 11.3 Å². The van der Waals surface area contributed by atoms with Crippen molar-refractivity contribution in [3.05, 3.63) is 29.8 Å². The lowest BCUT2D eigenvalue weighted by atomic mass is 10.1. The molecule has 4 N–H and O–H groups in total. The van der Waals surface area contributed by atoms with Crippen LogP contribution >= 0.6 is 0 Å². The Morgan fingerprint density at radius 1 is 1.47 bits per heavy atom. The minimum absolute atomic E-state index is 0.0230. The van der Waals surface area contributed by atoms with Gasteiger partial charge in [-0.15, -0.1) is 0 Å². The highest BCUT2D eigenvalue weighted by atomic mass is 16.3. The van der Waals surface area contributed by atoms with E-state index in [1.807, 2.05) is 0 Å². The van der Waals surface area contributed by atoms with Gasteiger partial charge in [0.1, 0.15) is 0 Å². The highest BCUT2D eigenvalue weighted by Crippen LogP contribution is 2.20. The Balaban J connectivity index is 2.13. The smallest absolute Gasteiger partial charge is 0.254 e. The van der Waals surface area contributed by atoms with Crippen molar-refractivity contribution >= 4 is 11.6 Å². The van der Waals surface area contributed by atoms with Crippen LogP contribution in [0.5, 0.6) is 0 Å². The molecular formula is C12H17N3O2. The first-order valence-electron chi connectivity index (χ1n) is 5.74. The van der Waals surface area contributed by atoms with Gasteiger partial charge in [0.05, 0.1) is 12.6 Å². The first-order valence-corrected chi connectivity index (χ1v) is 5.74. The molecule has 1 aliphatic heterocycles. The predicted molar refractivity (Wildman–Crippen MR) is 65.4 cm³/mol. The quantitative estimate of drug-likeness (QED) is 0.528. The third-order valence-corrected chi connectivity index (χ3v) is 3.15. The van der Waals surface area contributed by atoms with Crippen molar-refractivity contribution in [2.45, 2.75) is 18.9 Å². The van der Waals surface area contributed by atoms with Crippen LogP contribution in [0.25, 0.3) is 0 Å². The SMILES string of the molecule is NNc1ccc(C(=O)N2CCC[C@@H]2CO)cc1. The number of carbonyl (C=O) groups excluding carboxylic acids is 1. The second-order valence-corrected chi connectivity index (χ2v) is 4.20. The largest absolute Gasteiger partial charge is 0.394 e. The summed E-state index contributed by atoms with van der Waals surface area (Å²) >= 11 is 0. The lowest BCUT2D eigenvalue weighted by Crippen LogP contribution is -2.37. The highest BCUT2D eigenvalue weighted by Gasteiger charge is 2.28. The van der Waals surface area contributed by atoms with Crippen LogP contribution in [0, 0.1) is 0 Å². The molecule has 1 aliphatic rings. The summed E-state index contributed by atoms with van der Waals surface area (Å²) in [6, 6.07) is 6.97. The number of nitrogens with one attached hydrogen (secondary N) is 1. The number of amides is 1. The first kappa shape index (κ1) is 11.9. The van der Waals surface area contributed by atoms with E-state index in [-0.39, 0.29) is 18.6 Å². The maximum absolute atomic E-state index is 12.2. The summed E-state index contributed by atoms with van der Waals surface area (Å²) in [6.07, 6.45) is 1.84. The number of rotatable bonds is 3. The molecule has 1 aromatic carbocycles. The van der Waals surface area contributed by atoms with E-state index >= 15 is 0 Å². The van der Waals surface area contributed by atoms with Gasteiger partial charge in [0.2, 0.25) is 0 Å². The van der Waals surface area contributed by atoms with Crippen LogP contribution in [-0.2, 0) is 0 Å². The van der Waals surface area contributed by atoms with Crippen molar-refractivity contribution in [3.8, 4) is 0 Å². The monoisotopic (exact) mass is 235 g/mol. The van der Waals surface area contributed by atoms with Gasteiger partial charge in [0.25, 0.3) is 5.91 Å². The van der Waals surface area contributed by atoms with Crippen molar-refractivity contribution in [1.29, 1.82) is 0 Å². The normalized spacial score (nSPS) is 19.4. The lowest BCUT2D eigenvalue weighted by molar-refractivity contribution is 0.0677. The van der Waals surface area contributed by atoms with Crippen molar-refractivity contribution in [1.82, 2.24) is 4.90 Å². The van der Waals surface area contributed by atoms with E-state index in [1.165, 1.54) is 0 Å². The zero-order valence-corrected chi connectivity index (χ0v) is 9.60. The average Bonchev–Trinajstić information content (AvgIpc) is 2.86. The number of benzene rings is 1. The molecular weight excluding hydrogens is 218 g/mol. The van der Waals surface area contributed by atoms with Crippen molar-refractivity contribution in [2.24, 2.45) is 5.84 Å². The highest BCUT2D eigenvalue weighted by molar-refractivity contribution is 5.95. The predicted octanol–water partition coefficient (Wildman–Crippen LogP) is 0.569. The van der Waals surface area contributed by atoms with Gasteiger partial charge in [0, 0.05) is 17.8 Å². The average molecular weight is 235 g/mol. The number of likely N-dealkylation sites (tertiary alicyclic amines) is 1. The van der Waals surface area contributed by atoms with E-state index in [9.17, 15) is 9.90 Å². The number of nitrogen functional groups attached to an aromatic ring is 1. The van der Waals surface area contributed by atoms with Gasteiger partial charge >= 0.3 is 0 Å². The Kier molecular flexibility index (Phi) is 3.61. The van der Waals surface area contributed by atoms with Gasteiger partial charge in [-0.1, -0.05) is 0 Å². The van der Waals surface area contributed by atoms with E-state index in [0.29, 0.717) is 5.56 Å². The van der Waals surface area contributed by atoms with Crippen molar-refractivity contribution in [3.63, 3.8) is 0 Å². The van der Waals surface area contributed by atoms with Crippen LogP contribution in [0.3, 0.4) is 0 Å². The zero-order valence-electron chi connectivity index (χ0n) is 9.60. The molecule has 0 bridgehead atoms. The molecule has 5 heteroatoms. The molecule has 1 aromatic rings. The molecule has 17 heavy (non-hydrogen) atoms. The first-order chi connectivity index (χ1) is 8.26. The molecule has 1 fully saturated rings. The number of hydrogen-bond donors (Lipinski definition) is 3. The Hall–Kier alpha value is -1.59. The summed E-state index contributed by atoms with van der Waals surface area (Å²) in [5.74, 6) is 5.24. The summed E-state index contributed by atoms with van der Waals surface area (Å²) in [4.78, 5) is 13.9. The van der Waals surface area contributed by atoms with Gasteiger partial charge in [-0.25, -0.2) is 0 Å². The molecule has 2 rings (SSSR count). The number of aliphatic hydroxyl groups is 1. The molecule has 5 nitrogen and oxygen atoms in total. The summed E-state index contributed by atoms with van der Waals surface area (Å²) in [5.41, 5.74) is 3.91. The minimum Gasteiger partial charge on any atom is -0.394 e. The molecule has 1 heterocycles. The van der Waals surface area contributed by atoms with E-state index in [2.05, 4.69) is 5.43 Å². The van der Waals surface area contributed by atoms with E-state index in [1.54, 1.807) is 29.2 Å². The number of nitrogens with zero attached hydrogens (tertiary/aromatic N) is 1. The fourth-order valence-electron chi connectivity index (χ4n) is 2.17. The number of aliphatic hydroxyl groups excluding tert-OH is 1. The molecule has 1 amide bonds. The lowest BCUT2D eigenvalue weighted by Gasteiger charge is -2.23. The molecule has 0 unspecified atom stereocenters. The molecule has 0 aliphatic carbocycles. The molecule has 0 saturated carbocycles. The molecule has 0 aromatic heterocycles. The Labute approximate surface area is 100 Å². The van der Waals surface area contributed by atoms with Crippen LogP contribution in [0.15, 0.2) is 24.3 Å². The van der Waals surface area contributed by atoms with E-state index in [4.69, 9.17) is 5.84 Å². The number of hydrogen-bond acceptors (Lipinski definition) is 4. The second-order valence-electron chi connectivity index (χ2n) is 4.20. The third-order valence-electron chi connectivity index (χ3n) is 3.15. The summed E-state index contributed by atoms with van der Waals surface area (Å²) in [5, 5.41) is 9.19. The van der Waals surface area contributed by atoms with Crippen molar-refractivity contribution in [2.75, 3.05) is 18.6 Å². The topological polar surface area (TPSA) is 78.6 Å². The minimum atomic E-state index is -0.0326. The maximum Gasteiger partial charge on any atom is 0.254 e. The molecule has 1 saturated heterocycles. The standard InChI is InChI=1S/C12H17N3O2/c13-14-10-5-3-9(4-6-10)12(17)15-7-1-2-11(15)8-16/h3-6,11,14,16H,1-2,7-8,13H2/t11-/m1/s1. The fraction of sp³-hybridized carbons (Fsp3) is 0.417. The Bertz CT molecular complexity index is 391. The van der Waals surface area contributed by atoms with Crippen LogP contribution in [0.1, 0.15) is 23.2 Å². The molecule has 92 valence electrons. The Morgan fingerprint density at radius 2 is 2.18 bits per heavy atom.